The van der Waals surface area contributed by atoms with E-state index in [4.69, 9.17) is 6.42 Å². The van der Waals surface area contributed by atoms with E-state index in [1.54, 1.807) is 11.8 Å². The Balaban J connectivity index is 1.66. The molecular weight excluding hydrogens is 428 g/mol. The third-order valence-electron chi connectivity index (χ3n) is 7.10. The van der Waals surface area contributed by atoms with Gasteiger partial charge in [0.2, 0.25) is 5.91 Å². The fourth-order valence-electron chi connectivity index (χ4n) is 4.70. The van der Waals surface area contributed by atoms with Crippen molar-refractivity contribution in [3.63, 3.8) is 0 Å². The molecule has 4 rings (SSSR count). The van der Waals surface area contributed by atoms with E-state index in [1.165, 1.54) is 6.20 Å². The molecule has 0 bridgehead atoms. The number of benzene rings is 1. The van der Waals surface area contributed by atoms with E-state index >= 15 is 0 Å². The van der Waals surface area contributed by atoms with E-state index in [0.717, 1.165) is 36.0 Å². The summed E-state index contributed by atoms with van der Waals surface area (Å²) in [6.45, 7) is 7.11. The van der Waals surface area contributed by atoms with Crippen LogP contribution in [0.1, 0.15) is 80.3 Å². The standard InChI is InChI=1S/C27H32N4O3/c1-5-21-17-28-24(29-21)25(33)30-23-7-6-20(27(34)12-14-31(15-13-27)18(2)32)16-22(23)19-8-10-26(3,4)11-9-19/h1,6-8,16-17,34H,9-15H2,2-4H3,(H,28,29)(H,30,33). The predicted molar refractivity (Wildman–Crippen MR) is 132 cm³/mol. The molecule has 2 heterocycles. The molecular formula is C27H32N4O3. The molecule has 0 atom stereocenters. The molecule has 34 heavy (non-hydrogen) atoms. The number of aliphatic hydroxyl groups is 1. The van der Waals surface area contributed by atoms with Gasteiger partial charge in [0.05, 0.1) is 5.60 Å². The first-order valence-electron chi connectivity index (χ1n) is 11.8. The van der Waals surface area contributed by atoms with Gasteiger partial charge in [-0.25, -0.2) is 4.98 Å². The lowest BCUT2D eigenvalue weighted by molar-refractivity contribution is -0.133. The molecule has 1 aliphatic heterocycles. The number of nitrogens with zero attached hydrogens (tertiary/aromatic N) is 2. The Bertz CT molecular complexity index is 1180. The summed E-state index contributed by atoms with van der Waals surface area (Å²) < 4.78 is 0. The monoisotopic (exact) mass is 460 g/mol. The van der Waals surface area contributed by atoms with E-state index in [1.807, 2.05) is 18.2 Å². The Morgan fingerprint density at radius 2 is 1.97 bits per heavy atom. The van der Waals surface area contributed by atoms with Gasteiger partial charge in [0.1, 0.15) is 5.69 Å². The summed E-state index contributed by atoms with van der Waals surface area (Å²) in [5.41, 5.74) is 3.14. The molecule has 1 aromatic heterocycles. The first kappa shape index (κ1) is 23.8. The molecule has 1 aromatic carbocycles. The largest absolute Gasteiger partial charge is 0.385 e. The molecule has 0 radical (unpaired) electrons. The molecule has 7 heteroatoms. The quantitative estimate of drug-likeness (QED) is 0.599. The van der Waals surface area contributed by atoms with Gasteiger partial charge >= 0.3 is 0 Å². The molecule has 0 saturated carbocycles. The van der Waals surface area contributed by atoms with E-state index in [2.05, 4.69) is 41.1 Å². The summed E-state index contributed by atoms with van der Waals surface area (Å²) in [5.74, 6) is 2.22. The Hall–Kier alpha value is -3.37. The summed E-state index contributed by atoms with van der Waals surface area (Å²) in [6, 6.07) is 5.71. The van der Waals surface area contributed by atoms with Crippen molar-refractivity contribution in [2.45, 2.75) is 58.5 Å². The van der Waals surface area contributed by atoms with Gasteiger partial charge in [-0.15, -0.1) is 6.42 Å². The van der Waals surface area contributed by atoms with E-state index in [0.29, 0.717) is 37.3 Å². The van der Waals surface area contributed by atoms with Gasteiger partial charge < -0.3 is 20.3 Å². The third-order valence-corrected chi connectivity index (χ3v) is 7.10. The number of allylic oxidation sites excluding steroid dienone is 2. The summed E-state index contributed by atoms with van der Waals surface area (Å²) in [4.78, 5) is 33.3. The zero-order chi connectivity index (χ0) is 24.5. The molecule has 2 aliphatic rings. The number of likely N-dealkylation sites (tertiary alicyclic amines) is 1. The van der Waals surface area contributed by atoms with Gasteiger partial charge in [-0.05, 0) is 66.7 Å². The number of anilines is 1. The summed E-state index contributed by atoms with van der Waals surface area (Å²) in [5, 5.41) is 14.4. The zero-order valence-electron chi connectivity index (χ0n) is 20.1. The van der Waals surface area contributed by atoms with Gasteiger partial charge in [-0.1, -0.05) is 26.0 Å². The van der Waals surface area contributed by atoms with Crippen LogP contribution in [0.5, 0.6) is 0 Å². The molecule has 3 N–H and O–H groups in total. The van der Waals surface area contributed by atoms with Gasteiger partial charge in [0.15, 0.2) is 5.82 Å². The first-order valence-corrected chi connectivity index (χ1v) is 11.8. The normalized spacial score (nSPS) is 19.1. The van der Waals surface area contributed by atoms with Gasteiger partial charge in [0, 0.05) is 37.5 Å². The van der Waals surface area contributed by atoms with Crippen LogP contribution in [0.15, 0.2) is 30.5 Å². The number of aromatic nitrogens is 2. The highest BCUT2D eigenvalue weighted by molar-refractivity contribution is 6.03. The van der Waals surface area contributed by atoms with Crippen LogP contribution in [-0.2, 0) is 10.4 Å². The highest BCUT2D eigenvalue weighted by atomic mass is 16.3. The maximum absolute atomic E-state index is 12.9. The van der Waals surface area contributed by atoms with Crippen molar-refractivity contribution in [3.8, 4) is 12.3 Å². The SMILES string of the molecule is C#Cc1c[nH]c(C(=O)Nc2ccc(C3(O)CCN(C(C)=O)CC3)cc2C2=CCC(C)(C)CC2)n1. The molecule has 2 aromatic rings. The van der Waals surface area contributed by atoms with Crippen molar-refractivity contribution in [2.75, 3.05) is 18.4 Å². The fourth-order valence-corrected chi connectivity index (χ4v) is 4.70. The number of imidazole rings is 1. The Labute approximate surface area is 200 Å². The van der Waals surface area contributed by atoms with Crippen LogP contribution in [0, 0.1) is 17.8 Å². The number of hydrogen-bond acceptors (Lipinski definition) is 4. The topological polar surface area (TPSA) is 98.3 Å². The average molecular weight is 461 g/mol. The second-order valence-corrected chi connectivity index (χ2v) is 10.1. The maximum Gasteiger partial charge on any atom is 0.291 e. The highest BCUT2D eigenvalue weighted by Crippen LogP contribution is 2.42. The lowest BCUT2D eigenvalue weighted by Gasteiger charge is -2.38. The van der Waals surface area contributed by atoms with Crippen LogP contribution in [0.4, 0.5) is 5.69 Å². The van der Waals surface area contributed by atoms with Crippen LogP contribution in [0.25, 0.3) is 5.57 Å². The second kappa shape index (κ2) is 9.11. The smallest absolute Gasteiger partial charge is 0.291 e. The van der Waals surface area contributed by atoms with Crippen molar-refractivity contribution < 1.29 is 14.7 Å². The average Bonchev–Trinajstić information content (AvgIpc) is 3.29. The summed E-state index contributed by atoms with van der Waals surface area (Å²) in [7, 11) is 0. The van der Waals surface area contributed by atoms with E-state index in [-0.39, 0.29) is 23.1 Å². The lowest BCUT2D eigenvalue weighted by Crippen LogP contribution is -2.44. The molecule has 0 spiro atoms. The van der Waals surface area contributed by atoms with E-state index in [9.17, 15) is 14.7 Å². The zero-order valence-corrected chi connectivity index (χ0v) is 20.1. The van der Waals surface area contributed by atoms with Crippen LogP contribution in [0.3, 0.4) is 0 Å². The van der Waals surface area contributed by atoms with Gasteiger partial charge in [-0.3, -0.25) is 9.59 Å². The Morgan fingerprint density at radius 1 is 1.24 bits per heavy atom. The molecule has 1 fully saturated rings. The predicted octanol–water partition coefficient (Wildman–Crippen LogP) is 4.07. The fraction of sp³-hybridized carbons (Fsp3) is 0.444. The number of nitrogens with one attached hydrogen (secondary N) is 2. The van der Waals surface area contributed by atoms with E-state index < -0.39 is 5.60 Å². The number of aromatic amines is 1. The Kier molecular flexibility index (Phi) is 6.37. The van der Waals surface area contributed by atoms with Gasteiger partial charge in [-0.2, -0.15) is 0 Å². The van der Waals surface area contributed by atoms with Crippen molar-refractivity contribution in [3.05, 3.63) is 53.1 Å². The van der Waals surface area contributed by atoms with Crippen molar-refractivity contribution in [1.82, 2.24) is 14.9 Å². The lowest BCUT2D eigenvalue weighted by atomic mass is 9.76. The van der Waals surface area contributed by atoms with Crippen molar-refractivity contribution >= 4 is 23.1 Å². The number of piperidine rings is 1. The first-order chi connectivity index (χ1) is 16.1. The van der Waals surface area contributed by atoms with Crippen LogP contribution in [-0.4, -0.2) is 44.9 Å². The summed E-state index contributed by atoms with van der Waals surface area (Å²) in [6.07, 6.45) is 13.0. The number of rotatable bonds is 4. The Morgan fingerprint density at radius 3 is 2.56 bits per heavy atom. The third kappa shape index (κ3) is 4.92. The molecule has 0 unspecified atom stereocenters. The number of carbonyl (C=O) groups excluding carboxylic acids is 2. The molecule has 7 nitrogen and oxygen atoms in total. The van der Waals surface area contributed by atoms with Crippen molar-refractivity contribution in [2.24, 2.45) is 5.41 Å². The number of hydrogen-bond donors (Lipinski definition) is 3. The minimum Gasteiger partial charge on any atom is -0.385 e. The molecule has 1 aliphatic carbocycles. The highest BCUT2D eigenvalue weighted by Gasteiger charge is 2.35. The van der Waals surface area contributed by atoms with Crippen LogP contribution >= 0.6 is 0 Å². The van der Waals surface area contributed by atoms with Crippen LogP contribution < -0.4 is 5.32 Å². The number of carbonyl (C=O) groups is 2. The number of terminal acetylenes is 1. The molecule has 2 amide bonds. The van der Waals surface area contributed by atoms with Crippen LogP contribution in [0.2, 0.25) is 0 Å². The second-order valence-electron chi connectivity index (χ2n) is 10.1. The minimum atomic E-state index is -1.01. The minimum absolute atomic E-state index is 0.0293. The number of amides is 2. The molecule has 178 valence electrons. The maximum atomic E-state index is 12.9. The molecule has 1 saturated heterocycles. The number of H-pyrrole nitrogens is 1. The summed E-state index contributed by atoms with van der Waals surface area (Å²) >= 11 is 0. The van der Waals surface area contributed by atoms with Crippen molar-refractivity contribution in [1.29, 1.82) is 0 Å². The van der Waals surface area contributed by atoms with Gasteiger partial charge in [0.25, 0.3) is 5.91 Å².